The molecule has 1 fully saturated rings. The second-order valence-electron chi connectivity index (χ2n) is 6.15. The van der Waals surface area contributed by atoms with Gasteiger partial charge in [-0.05, 0) is 67.4 Å². The summed E-state index contributed by atoms with van der Waals surface area (Å²) in [7, 11) is 0. The van der Waals surface area contributed by atoms with Crippen LogP contribution < -0.4 is 4.74 Å². The van der Waals surface area contributed by atoms with Crippen LogP contribution in [0.15, 0.2) is 50.2 Å². The van der Waals surface area contributed by atoms with Gasteiger partial charge in [0, 0.05) is 11.6 Å². The molecule has 1 heterocycles. The largest absolute Gasteiger partial charge is 0.480 e. The molecule has 3 rings (SSSR count). The maximum Gasteiger partial charge on any atom is 0.341 e. The molecule has 0 aromatic heterocycles. The first-order valence-corrected chi connectivity index (χ1v) is 10.9. The molecule has 1 N–H and O–H groups in total. The van der Waals surface area contributed by atoms with Crippen molar-refractivity contribution in [1.82, 2.24) is 4.90 Å². The molecule has 1 saturated heterocycles. The van der Waals surface area contributed by atoms with E-state index in [1.165, 1.54) is 24.3 Å². The highest BCUT2D eigenvalue weighted by Crippen LogP contribution is 2.38. The predicted octanol–water partition coefficient (Wildman–Crippen LogP) is 4.82. The molecule has 1 aliphatic rings. The lowest BCUT2D eigenvalue weighted by Gasteiger charge is -2.12. The van der Waals surface area contributed by atoms with E-state index in [-0.39, 0.29) is 28.5 Å². The van der Waals surface area contributed by atoms with Gasteiger partial charge in [-0.1, -0.05) is 18.2 Å². The smallest absolute Gasteiger partial charge is 0.341 e. The van der Waals surface area contributed by atoms with Crippen LogP contribution in [-0.4, -0.2) is 38.7 Å². The van der Waals surface area contributed by atoms with Crippen LogP contribution in [0.4, 0.5) is 10.5 Å². The molecule has 0 radical (unpaired) electrons. The lowest BCUT2D eigenvalue weighted by atomic mass is 10.1. The van der Waals surface area contributed by atoms with Crippen molar-refractivity contribution in [1.29, 1.82) is 0 Å². The predicted molar refractivity (Wildman–Crippen MR) is 120 cm³/mol. The molecule has 0 bridgehead atoms. The minimum absolute atomic E-state index is 0.154. The van der Waals surface area contributed by atoms with Crippen molar-refractivity contribution in [3.05, 3.63) is 71.5 Å². The number of carbonyl (C=O) groups excluding carboxylic acids is 2. The number of rotatable bonds is 7. The Labute approximate surface area is 196 Å². The number of halogens is 2. The van der Waals surface area contributed by atoms with Crippen LogP contribution in [0, 0.1) is 10.1 Å². The van der Waals surface area contributed by atoms with Crippen molar-refractivity contribution in [3.63, 3.8) is 0 Å². The van der Waals surface area contributed by atoms with E-state index in [1.54, 1.807) is 18.2 Å². The minimum Gasteiger partial charge on any atom is -0.480 e. The van der Waals surface area contributed by atoms with E-state index in [0.717, 1.165) is 16.7 Å². The fraction of sp³-hybridized carbons (Fsp3) is 0.105. The Morgan fingerprint density at radius 1 is 1.23 bits per heavy atom. The zero-order valence-corrected chi connectivity index (χ0v) is 19.4. The number of aliphatic carboxylic acids is 1. The van der Waals surface area contributed by atoms with Crippen molar-refractivity contribution in [3.8, 4) is 5.75 Å². The van der Waals surface area contributed by atoms with Crippen LogP contribution in [0.3, 0.4) is 0 Å². The van der Waals surface area contributed by atoms with Gasteiger partial charge in [0.1, 0.15) is 5.75 Å². The van der Waals surface area contributed by atoms with Crippen molar-refractivity contribution >= 4 is 72.5 Å². The van der Waals surface area contributed by atoms with Crippen molar-refractivity contribution in [2.24, 2.45) is 0 Å². The summed E-state index contributed by atoms with van der Waals surface area (Å²) in [5.74, 6) is -1.41. The third-order valence-electron chi connectivity index (χ3n) is 4.05. The van der Waals surface area contributed by atoms with Crippen LogP contribution in [0.2, 0.25) is 0 Å². The van der Waals surface area contributed by atoms with Crippen molar-refractivity contribution < 1.29 is 29.2 Å². The van der Waals surface area contributed by atoms with Crippen LogP contribution in [0.5, 0.6) is 5.75 Å². The van der Waals surface area contributed by atoms with Gasteiger partial charge in [0.25, 0.3) is 16.8 Å². The lowest BCUT2D eigenvalue weighted by molar-refractivity contribution is -0.385. The van der Waals surface area contributed by atoms with Gasteiger partial charge in [0.05, 0.1) is 25.3 Å². The number of nitro benzene ring substituents is 1. The van der Waals surface area contributed by atoms with Crippen LogP contribution in [-0.2, 0) is 16.1 Å². The van der Waals surface area contributed by atoms with Crippen LogP contribution >= 0.6 is 43.6 Å². The molecular formula is C19H12Br2N2O7S. The third-order valence-corrected chi connectivity index (χ3v) is 6.13. The van der Waals surface area contributed by atoms with E-state index in [1.807, 2.05) is 0 Å². The van der Waals surface area contributed by atoms with E-state index in [0.29, 0.717) is 14.5 Å². The number of nitro groups is 1. The first kappa shape index (κ1) is 23.0. The molecule has 9 nitrogen and oxygen atoms in total. The highest BCUT2D eigenvalue weighted by atomic mass is 79.9. The molecule has 0 aliphatic carbocycles. The molecule has 2 aromatic carbocycles. The number of carboxylic acid groups (broad SMARTS) is 1. The Morgan fingerprint density at radius 2 is 1.87 bits per heavy atom. The highest BCUT2D eigenvalue weighted by Gasteiger charge is 2.36. The van der Waals surface area contributed by atoms with Gasteiger partial charge < -0.3 is 9.84 Å². The summed E-state index contributed by atoms with van der Waals surface area (Å²) >= 11 is 7.31. The van der Waals surface area contributed by atoms with Gasteiger partial charge >= 0.3 is 5.97 Å². The number of hydrogen-bond acceptors (Lipinski definition) is 7. The van der Waals surface area contributed by atoms with E-state index < -0.39 is 28.6 Å². The fourth-order valence-corrected chi connectivity index (χ4v) is 5.00. The van der Waals surface area contributed by atoms with E-state index in [9.17, 15) is 24.5 Å². The van der Waals surface area contributed by atoms with E-state index in [4.69, 9.17) is 9.84 Å². The number of ether oxygens (including phenoxy) is 1. The minimum atomic E-state index is -1.13. The molecule has 2 aromatic rings. The number of para-hydroxylation sites is 1. The monoisotopic (exact) mass is 570 g/mol. The maximum absolute atomic E-state index is 12.8. The third kappa shape index (κ3) is 5.32. The normalized spacial score (nSPS) is 14.9. The maximum atomic E-state index is 12.8. The van der Waals surface area contributed by atoms with Crippen LogP contribution in [0.25, 0.3) is 6.08 Å². The Bertz CT molecular complexity index is 1110. The highest BCUT2D eigenvalue weighted by molar-refractivity contribution is 9.11. The molecule has 0 unspecified atom stereocenters. The van der Waals surface area contributed by atoms with Gasteiger partial charge in [0.15, 0.2) is 6.61 Å². The average Bonchev–Trinajstić information content (AvgIpc) is 2.94. The topological polar surface area (TPSA) is 127 Å². The molecule has 1 aliphatic heterocycles. The molecule has 160 valence electrons. The quantitative estimate of drug-likeness (QED) is 0.285. The summed E-state index contributed by atoms with van der Waals surface area (Å²) in [5.41, 5.74) is 0.634. The zero-order chi connectivity index (χ0) is 22.7. The number of imide groups is 1. The first-order valence-electron chi connectivity index (χ1n) is 8.48. The zero-order valence-electron chi connectivity index (χ0n) is 15.4. The molecule has 0 atom stereocenters. The van der Waals surface area contributed by atoms with Gasteiger partial charge in [-0.2, -0.15) is 0 Å². The molecule has 31 heavy (non-hydrogen) atoms. The van der Waals surface area contributed by atoms with Gasteiger partial charge in [-0.15, -0.1) is 0 Å². The SMILES string of the molecule is O=C(O)COc1c(Br)cc(/C=C2\SC(=O)N(Cc3ccccc3[N+](=O)[O-])C2=O)cc1Br. The molecule has 0 saturated carbocycles. The molecule has 0 spiro atoms. The summed E-state index contributed by atoms with van der Waals surface area (Å²) in [6.07, 6.45) is 1.50. The summed E-state index contributed by atoms with van der Waals surface area (Å²) in [6.45, 7) is -0.741. The molecule has 2 amide bonds. The van der Waals surface area contributed by atoms with Gasteiger partial charge in [-0.25, -0.2) is 4.79 Å². The Balaban J connectivity index is 1.84. The summed E-state index contributed by atoms with van der Waals surface area (Å²) in [5, 5.41) is 19.4. The Morgan fingerprint density at radius 3 is 2.48 bits per heavy atom. The number of amides is 2. The number of carboxylic acids is 1. The van der Waals surface area contributed by atoms with E-state index in [2.05, 4.69) is 31.9 Å². The Kier molecular flexibility index (Phi) is 7.13. The lowest BCUT2D eigenvalue weighted by Crippen LogP contribution is -2.27. The van der Waals surface area contributed by atoms with Gasteiger partial charge in [-0.3, -0.25) is 24.6 Å². The van der Waals surface area contributed by atoms with Gasteiger partial charge in [0.2, 0.25) is 0 Å². The molecule has 12 heteroatoms. The average molecular weight is 572 g/mol. The fourth-order valence-electron chi connectivity index (χ4n) is 2.72. The Hall–Kier alpha value is -2.70. The van der Waals surface area contributed by atoms with Crippen molar-refractivity contribution in [2.75, 3.05) is 6.61 Å². The van der Waals surface area contributed by atoms with Crippen molar-refractivity contribution in [2.45, 2.75) is 6.54 Å². The number of hydrogen-bond donors (Lipinski definition) is 1. The first-order chi connectivity index (χ1) is 14.7. The number of benzene rings is 2. The second kappa shape index (κ2) is 9.62. The second-order valence-corrected chi connectivity index (χ2v) is 8.85. The standard InChI is InChI=1S/C19H12Br2N2O7S/c20-12-5-10(6-13(21)17(12)30-9-16(24)25)7-15-18(26)22(19(27)31-15)8-11-3-1-2-4-14(11)23(28)29/h1-7H,8-9H2,(H,24,25)/b15-7-. The number of thioether (sulfide) groups is 1. The summed E-state index contributed by atoms with van der Waals surface area (Å²) in [6, 6.07) is 9.13. The molecular weight excluding hydrogens is 560 g/mol. The number of nitrogens with zero attached hydrogens (tertiary/aromatic N) is 2. The van der Waals surface area contributed by atoms with Crippen LogP contribution in [0.1, 0.15) is 11.1 Å². The summed E-state index contributed by atoms with van der Waals surface area (Å²) < 4.78 is 6.11. The van der Waals surface area contributed by atoms with E-state index >= 15 is 0 Å². The number of carbonyl (C=O) groups is 3. The summed E-state index contributed by atoms with van der Waals surface area (Å²) in [4.78, 5) is 47.6.